The molecule has 0 heterocycles. The van der Waals surface area contributed by atoms with Crippen molar-refractivity contribution < 1.29 is 20.8 Å². The van der Waals surface area contributed by atoms with Crippen LogP contribution in [-0.2, 0) is 20.8 Å². The molecule has 0 atom stereocenters. The molecule has 0 amide bonds. The first-order valence-electron chi connectivity index (χ1n) is 18.3. The van der Waals surface area contributed by atoms with E-state index in [-0.39, 0.29) is 0 Å². The Hall–Kier alpha value is -3.78. The first kappa shape index (κ1) is 41.4. The Labute approximate surface area is 344 Å². The van der Waals surface area contributed by atoms with Crippen molar-refractivity contribution in [3.8, 4) is 44.5 Å². The van der Waals surface area contributed by atoms with Crippen molar-refractivity contribution in [2.75, 3.05) is 0 Å². The van der Waals surface area contributed by atoms with Crippen LogP contribution in [0.3, 0.4) is 0 Å². The van der Waals surface area contributed by atoms with Gasteiger partial charge in [-0.1, -0.05) is 145 Å². The standard InChI is InChI=1S/2C24H21.C2H6Si.2ClH.Zr/c2*1-16-12-13-22(18(3)17(16)2)23-11-7-10-20-14-21(15-24(20)23)19-8-5-4-6-9-19;1-3-2;;;/h2*4-15H,1-3H3;1-2H3;2*1H;/q2*-1;;;;+4/p-2. The molecule has 0 N–H and O–H groups in total. The summed E-state index contributed by atoms with van der Waals surface area (Å²) < 4.78 is 0. The zero-order valence-electron chi connectivity index (χ0n) is 32.6. The zero-order valence-corrected chi connectivity index (χ0v) is 37.6. The van der Waals surface area contributed by atoms with Crippen LogP contribution >= 0.6 is 17.0 Å². The Bertz CT molecular complexity index is 2260. The summed E-state index contributed by atoms with van der Waals surface area (Å²) in [5, 5.41) is 5.29. The molecule has 0 aromatic heterocycles. The van der Waals surface area contributed by atoms with Crippen LogP contribution in [-0.4, -0.2) is 9.52 Å². The third-order valence-corrected chi connectivity index (χ3v) is 10.4. The van der Waals surface area contributed by atoms with Crippen LogP contribution in [0.5, 0.6) is 0 Å². The van der Waals surface area contributed by atoms with Gasteiger partial charge in [0, 0.05) is 9.52 Å². The van der Waals surface area contributed by atoms with Crippen LogP contribution in [0.1, 0.15) is 33.4 Å². The van der Waals surface area contributed by atoms with Gasteiger partial charge >= 0.3 is 37.9 Å². The van der Waals surface area contributed by atoms with Crippen LogP contribution in [0.25, 0.3) is 66.1 Å². The maximum atomic E-state index is 4.93. The maximum absolute atomic E-state index is 4.93. The molecule has 8 aromatic carbocycles. The average molecular weight is 839 g/mol. The fourth-order valence-electron chi connectivity index (χ4n) is 7.03. The molecular formula is C50H48Cl2SiZr. The monoisotopic (exact) mass is 836 g/mol. The molecule has 0 saturated heterocycles. The van der Waals surface area contributed by atoms with E-state index in [1.54, 1.807) is 0 Å². The fraction of sp³-hybridized carbons (Fsp3) is 0.160. The molecule has 4 heteroatoms. The van der Waals surface area contributed by atoms with E-state index in [1.165, 1.54) is 99.4 Å². The van der Waals surface area contributed by atoms with E-state index < -0.39 is 20.8 Å². The van der Waals surface area contributed by atoms with E-state index in [0.29, 0.717) is 0 Å². The van der Waals surface area contributed by atoms with E-state index in [4.69, 9.17) is 17.0 Å². The molecule has 0 nitrogen and oxygen atoms in total. The first-order valence-corrected chi connectivity index (χ1v) is 26.6. The summed E-state index contributed by atoms with van der Waals surface area (Å²) in [4.78, 5) is 0. The van der Waals surface area contributed by atoms with Crippen LogP contribution < -0.4 is 0 Å². The van der Waals surface area contributed by atoms with Gasteiger partial charge in [0.2, 0.25) is 0 Å². The van der Waals surface area contributed by atoms with Crippen molar-refractivity contribution in [1.29, 1.82) is 0 Å². The minimum atomic E-state index is -0.826. The van der Waals surface area contributed by atoms with E-state index in [1.807, 2.05) is 0 Å². The molecule has 0 aliphatic rings. The van der Waals surface area contributed by atoms with Gasteiger partial charge in [-0.25, -0.2) is 0 Å². The Kier molecular flexibility index (Phi) is 15.1. The molecule has 8 rings (SSSR count). The third-order valence-electron chi connectivity index (χ3n) is 10.4. The second-order valence-electron chi connectivity index (χ2n) is 13.8. The van der Waals surface area contributed by atoms with Gasteiger partial charge in [0.1, 0.15) is 0 Å². The van der Waals surface area contributed by atoms with Crippen molar-refractivity contribution in [3.63, 3.8) is 0 Å². The summed E-state index contributed by atoms with van der Waals surface area (Å²) >= 11 is -0.826. The number of aryl methyl sites for hydroxylation is 2. The molecular weight excluding hydrogens is 791 g/mol. The Balaban J connectivity index is 0.000000182. The number of benzene rings is 6. The van der Waals surface area contributed by atoms with Crippen molar-refractivity contribution in [1.82, 2.24) is 0 Å². The second kappa shape index (κ2) is 19.7. The molecule has 0 saturated carbocycles. The predicted octanol–water partition coefficient (Wildman–Crippen LogP) is 15.8. The molecule has 2 radical (unpaired) electrons. The van der Waals surface area contributed by atoms with Gasteiger partial charge in [-0.05, 0) is 86.1 Å². The van der Waals surface area contributed by atoms with Crippen LogP contribution in [0.2, 0.25) is 13.1 Å². The number of halogens is 2. The molecule has 0 aliphatic carbocycles. The average Bonchev–Trinajstić information content (AvgIpc) is 3.84. The quantitative estimate of drug-likeness (QED) is 0.122. The summed E-state index contributed by atoms with van der Waals surface area (Å²) in [5.74, 6) is 0. The molecule has 0 spiro atoms. The number of fused-ring (bicyclic) bond motifs is 2. The predicted molar refractivity (Wildman–Crippen MR) is 238 cm³/mol. The Morgan fingerprint density at radius 2 is 0.778 bits per heavy atom. The molecule has 0 fully saturated rings. The summed E-state index contributed by atoms with van der Waals surface area (Å²) in [5.41, 5.74) is 18.7. The molecule has 0 bridgehead atoms. The zero-order chi connectivity index (χ0) is 38.8. The number of hydrogen-bond acceptors (Lipinski definition) is 0. The minimum absolute atomic E-state index is 0.826. The van der Waals surface area contributed by atoms with E-state index in [9.17, 15) is 0 Å². The SMILES string of the molecule is C[Si]C.Cc1ccc(-c2cccc3[cH-]c(-c4ccccc4)cc23)c(C)c1C.Cc1ccc(-c2cccc3[cH-]c(-c4ccccc4)cc23)c(C)c1C.[Cl][Zr+2][Cl]. The third kappa shape index (κ3) is 9.53. The number of hydrogen-bond donors (Lipinski definition) is 0. The van der Waals surface area contributed by atoms with E-state index in [0.717, 1.165) is 9.52 Å². The van der Waals surface area contributed by atoms with Crippen molar-refractivity contribution in [3.05, 3.63) is 179 Å². The second-order valence-corrected chi connectivity index (χ2v) is 18.5. The van der Waals surface area contributed by atoms with Crippen molar-refractivity contribution in [2.24, 2.45) is 0 Å². The first-order chi connectivity index (χ1) is 26.1. The van der Waals surface area contributed by atoms with Gasteiger partial charge in [-0.3, -0.25) is 0 Å². The van der Waals surface area contributed by atoms with Gasteiger partial charge in [0.05, 0.1) is 0 Å². The molecule has 8 aromatic rings. The van der Waals surface area contributed by atoms with Gasteiger partial charge in [0.25, 0.3) is 0 Å². The number of rotatable bonds is 4. The molecule has 0 unspecified atom stereocenters. The molecule has 0 aliphatic heterocycles. The Morgan fingerprint density at radius 1 is 0.426 bits per heavy atom. The van der Waals surface area contributed by atoms with Crippen LogP contribution in [0, 0.1) is 41.5 Å². The summed E-state index contributed by atoms with van der Waals surface area (Å²) in [7, 11) is 11.0. The van der Waals surface area contributed by atoms with Crippen molar-refractivity contribution >= 4 is 48.1 Å². The van der Waals surface area contributed by atoms with Gasteiger partial charge < -0.3 is 0 Å². The summed E-state index contributed by atoms with van der Waals surface area (Å²) in [6, 6.07) is 52.7. The van der Waals surface area contributed by atoms with Gasteiger partial charge in [-0.2, -0.15) is 0 Å². The molecule has 270 valence electrons. The fourth-order valence-corrected chi connectivity index (χ4v) is 7.03. The van der Waals surface area contributed by atoms with Crippen LogP contribution in [0.15, 0.2) is 146 Å². The topological polar surface area (TPSA) is 0 Å². The van der Waals surface area contributed by atoms with Gasteiger partial charge in [0.15, 0.2) is 0 Å². The summed E-state index contributed by atoms with van der Waals surface area (Å²) in [6.07, 6.45) is 0. The van der Waals surface area contributed by atoms with Crippen LogP contribution in [0.4, 0.5) is 0 Å². The van der Waals surface area contributed by atoms with E-state index in [2.05, 4.69) is 200 Å². The van der Waals surface area contributed by atoms with Gasteiger partial charge in [-0.15, -0.1) is 69.1 Å². The summed E-state index contributed by atoms with van der Waals surface area (Å²) in [6.45, 7) is 17.6. The van der Waals surface area contributed by atoms with Crippen molar-refractivity contribution in [2.45, 2.75) is 54.6 Å². The van der Waals surface area contributed by atoms with E-state index >= 15 is 0 Å². The molecule has 54 heavy (non-hydrogen) atoms. The normalized spacial score (nSPS) is 10.4. The Morgan fingerprint density at radius 3 is 1.13 bits per heavy atom.